The number of halogens is 3. The van der Waals surface area contributed by atoms with Crippen molar-refractivity contribution in [2.24, 2.45) is 0 Å². The highest BCUT2D eigenvalue weighted by Gasteiger charge is 2.31. The number of aromatic nitrogens is 1. The number of thiazole rings is 1. The van der Waals surface area contributed by atoms with E-state index in [1.165, 1.54) is 29.5 Å². The van der Waals surface area contributed by atoms with Crippen molar-refractivity contribution in [1.29, 1.82) is 0 Å². The molecule has 1 aliphatic rings. The van der Waals surface area contributed by atoms with Gasteiger partial charge in [-0.25, -0.2) is 9.78 Å². The van der Waals surface area contributed by atoms with Crippen LogP contribution in [0.1, 0.15) is 17.7 Å². The number of anilines is 1. The molecule has 3 rings (SSSR count). The molecule has 0 atom stereocenters. The van der Waals surface area contributed by atoms with Gasteiger partial charge in [0.25, 0.3) is 0 Å². The van der Waals surface area contributed by atoms with E-state index in [-0.39, 0.29) is 30.2 Å². The fourth-order valence-corrected chi connectivity index (χ4v) is 3.67. The number of urea groups is 1. The molecule has 1 fully saturated rings. The second kappa shape index (κ2) is 9.31. The number of nitrogens with zero attached hydrogens (tertiary/aromatic N) is 2. The Morgan fingerprint density at radius 3 is 2.72 bits per heavy atom. The second-order valence-electron chi connectivity index (χ2n) is 6.36. The van der Waals surface area contributed by atoms with Crippen molar-refractivity contribution in [3.05, 3.63) is 35.3 Å². The molecule has 2 amide bonds. The van der Waals surface area contributed by atoms with E-state index in [9.17, 15) is 18.0 Å². The normalized spacial score (nSPS) is 15.2. The van der Waals surface area contributed by atoms with Crippen molar-refractivity contribution in [2.45, 2.75) is 31.7 Å². The number of carbonyl (C=O) groups excluding carboxylic acids is 1. The number of piperidine rings is 1. The van der Waals surface area contributed by atoms with Crippen molar-refractivity contribution in [1.82, 2.24) is 9.88 Å². The van der Waals surface area contributed by atoms with Crippen LogP contribution < -0.4 is 14.8 Å². The molecule has 0 spiro atoms. The predicted molar refractivity (Wildman–Crippen MR) is 100 cm³/mol. The highest BCUT2D eigenvalue weighted by Crippen LogP contribution is 2.28. The molecule has 0 unspecified atom stereocenters. The van der Waals surface area contributed by atoms with E-state index >= 15 is 0 Å². The number of likely N-dealkylation sites (tertiary alicyclic amines) is 1. The summed E-state index contributed by atoms with van der Waals surface area (Å²) < 4.78 is 46.6. The van der Waals surface area contributed by atoms with E-state index in [1.54, 1.807) is 17.2 Å². The van der Waals surface area contributed by atoms with Gasteiger partial charge in [-0.2, -0.15) is 0 Å². The number of hydrogen-bond donors (Lipinski definition) is 2. The monoisotopic (exact) mass is 431 g/mol. The summed E-state index contributed by atoms with van der Waals surface area (Å²) in [6.07, 6.45) is -1.76. The fraction of sp³-hybridized carbons (Fsp3) is 0.444. The number of benzene rings is 1. The maximum atomic E-state index is 12.3. The first-order valence-corrected chi connectivity index (χ1v) is 9.78. The molecule has 1 aromatic carbocycles. The van der Waals surface area contributed by atoms with Crippen LogP contribution in [-0.2, 0) is 6.42 Å². The Bertz CT molecular complexity index is 823. The number of carbonyl (C=O) groups is 1. The molecule has 1 aliphatic heterocycles. The number of aliphatic hydroxyl groups excluding tert-OH is 1. The van der Waals surface area contributed by atoms with Gasteiger partial charge in [0, 0.05) is 56.1 Å². The molecule has 2 heterocycles. The molecule has 0 bridgehead atoms. The van der Waals surface area contributed by atoms with Crippen LogP contribution in [-0.4, -0.2) is 53.2 Å². The molecule has 158 valence electrons. The molecule has 2 N–H and O–H groups in total. The summed E-state index contributed by atoms with van der Waals surface area (Å²) in [7, 11) is 0. The first kappa shape index (κ1) is 21.2. The van der Waals surface area contributed by atoms with Gasteiger partial charge in [-0.05, 0) is 12.1 Å². The summed E-state index contributed by atoms with van der Waals surface area (Å²) in [5.74, 6) is -0.0512. The highest BCUT2D eigenvalue weighted by atomic mass is 32.1. The lowest BCUT2D eigenvalue weighted by molar-refractivity contribution is -0.274. The lowest BCUT2D eigenvalue weighted by Gasteiger charge is -2.32. The molecule has 1 saturated heterocycles. The Balaban J connectivity index is 1.47. The average Bonchev–Trinajstić information content (AvgIpc) is 3.08. The van der Waals surface area contributed by atoms with Crippen molar-refractivity contribution in [2.75, 3.05) is 25.0 Å². The molecule has 11 heteroatoms. The van der Waals surface area contributed by atoms with Crippen molar-refractivity contribution in [3.8, 4) is 11.5 Å². The summed E-state index contributed by atoms with van der Waals surface area (Å²) in [6, 6.07) is 5.12. The van der Waals surface area contributed by atoms with E-state index < -0.39 is 6.36 Å². The average molecular weight is 431 g/mol. The van der Waals surface area contributed by atoms with Crippen LogP contribution >= 0.6 is 11.3 Å². The number of alkyl halides is 3. The molecule has 0 radical (unpaired) electrons. The number of nitrogens with one attached hydrogen (secondary N) is 1. The zero-order valence-corrected chi connectivity index (χ0v) is 16.1. The largest absolute Gasteiger partial charge is 0.573 e. The number of rotatable bonds is 6. The van der Waals surface area contributed by atoms with Gasteiger partial charge in [0.15, 0.2) is 5.13 Å². The third kappa shape index (κ3) is 6.50. The smallest absolute Gasteiger partial charge is 0.490 e. The molecule has 0 saturated carbocycles. The lowest BCUT2D eigenvalue weighted by atomic mass is 10.1. The molecule has 0 aliphatic carbocycles. The van der Waals surface area contributed by atoms with Gasteiger partial charge in [0.2, 0.25) is 0 Å². The Kier molecular flexibility index (Phi) is 6.80. The van der Waals surface area contributed by atoms with E-state index in [2.05, 4.69) is 15.0 Å². The van der Waals surface area contributed by atoms with Crippen LogP contribution in [0.2, 0.25) is 0 Å². The second-order valence-corrected chi connectivity index (χ2v) is 7.48. The molecular weight excluding hydrogens is 411 g/mol. The maximum Gasteiger partial charge on any atom is 0.573 e. The number of amides is 2. The zero-order chi connectivity index (χ0) is 20.9. The van der Waals surface area contributed by atoms with Crippen LogP contribution in [0.4, 0.5) is 23.1 Å². The Morgan fingerprint density at radius 1 is 1.31 bits per heavy atom. The van der Waals surface area contributed by atoms with Crippen LogP contribution in [0.3, 0.4) is 0 Å². The van der Waals surface area contributed by atoms with Gasteiger partial charge in [-0.15, -0.1) is 24.5 Å². The lowest BCUT2D eigenvalue weighted by Crippen LogP contribution is -2.43. The van der Waals surface area contributed by atoms with Crippen molar-refractivity contribution in [3.63, 3.8) is 0 Å². The van der Waals surface area contributed by atoms with Crippen molar-refractivity contribution >= 4 is 22.5 Å². The van der Waals surface area contributed by atoms with Crippen molar-refractivity contribution < 1.29 is 32.5 Å². The van der Waals surface area contributed by atoms with Gasteiger partial charge in [-0.1, -0.05) is 6.07 Å². The number of ether oxygens (including phenoxy) is 2. The summed E-state index contributed by atoms with van der Waals surface area (Å²) >= 11 is 1.31. The van der Waals surface area contributed by atoms with Crippen LogP contribution in [0.5, 0.6) is 11.5 Å². The fourth-order valence-electron chi connectivity index (χ4n) is 2.88. The Morgan fingerprint density at radius 2 is 2.03 bits per heavy atom. The van der Waals surface area contributed by atoms with E-state index in [0.717, 1.165) is 4.88 Å². The Labute approximate surface area is 169 Å². The van der Waals surface area contributed by atoms with Gasteiger partial charge in [-0.3, -0.25) is 5.32 Å². The standard InChI is InChI=1S/C18H20F3N3O4S/c19-18(20,21)28-14-3-1-2-13(10-14)27-12-4-7-24(8-5-12)17(26)23-16-22-11-15(29-16)6-9-25/h1-3,10-12,25H,4-9H2,(H,22,23,26). The zero-order valence-electron chi connectivity index (χ0n) is 15.3. The molecule has 7 nitrogen and oxygen atoms in total. The van der Waals surface area contributed by atoms with Gasteiger partial charge in [0.1, 0.15) is 17.6 Å². The van der Waals surface area contributed by atoms with Gasteiger partial charge in [0.05, 0.1) is 0 Å². The van der Waals surface area contributed by atoms with Gasteiger partial charge >= 0.3 is 12.4 Å². The minimum absolute atomic E-state index is 0.0222. The minimum atomic E-state index is -4.76. The molecular formula is C18H20F3N3O4S. The SMILES string of the molecule is O=C(Nc1ncc(CCO)s1)N1CCC(Oc2cccc(OC(F)(F)F)c2)CC1. The first-order valence-electron chi connectivity index (χ1n) is 8.96. The molecule has 2 aromatic rings. The highest BCUT2D eigenvalue weighted by molar-refractivity contribution is 7.15. The number of hydrogen-bond acceptors (Lipinski definition) is 6. The molecule has 1 aromatic heterocycles. The molecule has 29 heavy (non-hydrogen) atoms. The summed E-state index contributed by atoms with van der Waals surface area (Å²) in [4.78, 5) is 19.0. The topological polar surface area (TPSA) is 83.9 Å². The third-order valence-electron chi connectivity index (χ3n) is 4.20. The van der Waals surface area contributed by atoms with E-state index in [1.807, 2.05) is 0 Å². The Hall–Kier alpha value is -2.53. The van der Waals surface area contributed by atoms with Crippen LogP contribution in [0.15, 0.2) is 30.5 Å². The number of aliphatic hydroxyl groups is 1. The quantitative estimate of drug-likeness (QED) is 0.730. The van der Waals surface area contributed by atoms with Crippen LogP contribution in [0, 0.1) is 0 Å². The summed E-state index contributed by atoms with van der Waals surface area (Å²) in [6.45, 7) is 0.919. The summed E-state index contributed by atoms with van der Waals surface area (Å²) in [5, 5.41) is 12.1. The third-order valence-corrected chi connectivity index (χ3v) is 5.17. The van der Waals surface area contributed by atoms with Crippen LogP contribution in [0.25, 0.3) is 0 Å². The minimum Gasteiger partial charge on any atom is -0.490 e. The van der Waals surface area contributed by atoms with Gasteiger partial charge < -0.3 is 19.5 Å². The summed E-state index contributed by atoms with van der Waals surface area (Å²) in [5.41, 5.74) is 0. The maximum absolute atomic E-state index is 12.3. The van der Waals surface area contributed by atoms with E-state index in [0.29, 0.717) is 37.5 Å². The first-order chi connectivity index (χ1) is 13.8. The van der Waals surface area contributed by atoms with E-state index in [4.69, 9.17) is 9.84 Å². The predicted octanol–water partition coefficient (Wildman–Crippen LogP) is 3.65.